The second kappa shape index (κ2) is 19.0. The van der Waals surface area contributed by atoms with Crippen LogP contribution in [0.25, 0.3) is 0 Å². The summed E-state index contributed by atoms with van der Waals surface area (Å²) >= 11 is 0. The predicted octanol–water partition coefficient (Wildman–Crippen LogP) is 1.51. The molecule has 40 heavy (non-hydrogen) atoms. The van der Waals surface area contributed by atoms with Gasteiger partial charge < -0.3 is 19.7 Å². The van der Waals surface area contributed by atoms with Crippen molar-refractivity contribution in [3.63, 3.8) is 0 Å². The molecule has 0 aromatic rings. The number of allylic oxidation sites excluding steroid dienone is 2. The van der Waals surface area contributed by atoms with E-state index in [9.17, 15) is 38.2 Å². The lowest BCUT2D eigenvalue weighted by molar-refractivity contribution is -0.160. The molecule has 0 spiro atoms. The zero-order valence-corrected chi connectivity index (χ0v) is 23.6. The molecule has 1 fully saturated rings. The lowest BCUT2D eigenvalue weighted by atomic mass is 10.2. The summed E-state index contributed by atoms with van der Waals surface area (Å²) in [6.07, 6.45) is 6.41. The number of hydrogen-bond acceptors (Lipinski definition) is 11. The van der Waals surface area contributed by atoms with Gasteiger partial charge in [0.1, 0.15) is 6.61 Å². The highest BCUT2D eigenvalue weighted by molar-refractivity contribution is 7.47. The van der Waals surface area contributed by atoms with Crippen molar-refractivity contribution in [2.75, 3.05) is 32.9 Å². The average molecular weight is 589 g/mol. The highest BCUT2D eigenvalue weighted by Crippen LogP contribution is 2.43. The Bertz CT molecular complexity index is 994. The van der Waals surface area contributed by atoms with Crippen molar-refractivity contribution in [3.8, 4) is 0 Å². The maximum absolute atomic E-state index is 12.2. The molecule has 224 valence electrons. The number of amides is 3. The molecule has 0 radical (unpaired) electrons. The Morgan fingerprint density at radius 3 is 2.15 bits per heavy atom. The first-order valence-electron chi connectivity index (χ1n) is 12.9. The van der Waals surface area contributed by atoms with Gasteiger partial charge in [0.2, 0.25) is 17.7 Å². The molecule has 1 rings (SSSR count). The quantitative estimate of drug-likeness (QED) is 0.0521. The largest absolute Gasteiger partial charge is 0.472 e. The van der Waals surface area contributed by atoms with Gasteiger partial charge in [0, 0.05) is 19.4 Å². The van der Waals surface area contributed by atoms with Crippen LogP contribution in [-0.4, -0.2) is 84.3 Å². The Balaban J connectivity index is 2.47. The zero-order chi connectivity index (χ0) is 30.0. The van der Waals surface area contributed by atoms with Gasteiger partial charge in [0.25, 0.3) is 0 Å². The van der Waals surface area contributed by atoms with Gasteiger partial charge >= 0.3 is 19.8 Å². The second-order valence-corrected chi connectivity index (χ2v) is 9.95. The summed E-state index contributed by atoms with van der Waals surface area (Å²) in [7, 11) is -4.66. The van der Waals surface area contributed by atoms with Crippen LogP contribution >= 0.6 is 7.82 Å². The molecule has 14 nitrogen and oxygen atoms in total. The van der Waals surface area contributed by atoms with Gasteiger partial charge in [-0.15, -0.1) is 0 Å². The maximum Gasteiger partial charge on any atom is 0.472 e. The lowest BCUT2D eigenvalue weighted by Gasteiger charge is -2.19. The number of esters is 2. The van der Waals surface area contributed by atoms with Gasteiger partial charge in [-0.3, -0.25) is 42.7 Å². The molecule has 15 heteroatoms. The van der Waals surface area contributed by atoms with E-state index in [4.69, 9.17) is 18.5 Å². The molecular formula is C25H37N2O12P. The molecule has 2 atom stereocenters. The van der Waals surface area contributed by atoms with Crippen LogP contribution < -0.4 is 5.32 Å². The van der Waals surface area contributed by atoms with Crippen molar-refractivity contribution in [2.24, 2.45) is 0 Å². The summed E-state index contributed by atoms with van der Waals surface area (Å²) in [6.45, 7) is 1.53. The standard InChI is InChI=1S/C25H37N2O12P/c1-3-5-7-9-24(32)36-17-20(39-25(33)10-8-6-4-2)18-38-40(34,35)37-14-13-26-21(29)15-19(28)16-27-22(30)11-12-23(27)31/h5-8,20H,3-4,9-18H2,1-2H3,(H,26,29)(H,34,35)/b7-5-,8-6-. The number of carbonyl (C=O) groups is 6. The third-order valence-corrected chi connectivity index (χ3v) is 6.04. The van der Waals surface area contributed by atoms with Crippen LogP contribution in [0.5, 0.6) is 0 Å². The van der Waals surface area contributed by atoms with E-state index < -0.39 is 82.2 Å². The molecule has 0 bridgehead atoms. The first-order chi connectivity index (χ1) is 19.0. The van der Waals surface area contributed by atoms with Crippen LogP contribution in [0.15, 0.2) is 24.3 Å². The Morgan fingerprint density at radius 2 is 1.55 bits per heavy atom. The second-order valence-electron chi connectivity index (χ2n) is 8.50. The first-order valence-corrected chi connectivity index (χ1v) is 14.4. The number of phosphoric acid groups is 1. The molecule has 0 aromatic carbocycles. The van der Waals surface area contributed by atoms with Crippen molar-refractivity contribution in [1.82, 2.24) is 10.2 Å². The van der Waals surface area contributed by atoms with Crippen molar-refractivity contribution in [1.29, 1.82) is 0 Å². The molecule has 3 amide bonds. The van der Waals surface area contributed by atoms with E-state index in [1.165, 1.54) is 0 Å². The molecule has 0 aliphatic carbocycles. The van der Waals surface area contributed by atoms with Gasteiger partial charge in [-0.2, -0.15) is 0 Å². The average Bonchev–Trinajstić information content (AvgIpc) is 3.20. The van der Waals surface area contributed by atoms with Crippen LogP contribution in [0.1, 0.15) is 58.8 Å². The normalized spacial score (nSPS) is 15.8. The summed E-state index contributed by atoms with van der Waals surface area (Å²) in [4.78, 5) is 81.5. The Morgan fingerprint density at radius 1 is 0.950 bits per heavy atom. The topological polar surface area (TPSA) is 192 Å². The van der Waals surface area contributed by atoms with E-state index in [1.54, 1.807) is 24.3 Å². The van der Waals surface area contributed by atoms with Crippen LogP contribution in [0.2, 0.25) is 0 Å². The number of ether oxygens (including phenoxy) is 2. The van der Waals surface area contributed by atoms with E-state index in [0.29, 0.717) is 6.42 Å². The minimum Gasteiger partial charge on any atom is -0.461 e. The minimum atomic E-state index is -4.66. The fourth-order valence-electron chi connectivity index (χ4n) is 3.13. The fourth-order valence-corrected chi connectivity index (χ4v) is 3.88. The van der Waals surface area contributed by atoms with Crippen LogP contribution in [-0.2, 0) is 51.9 Å². The maximum atomic E-state index is 12.2. The summed E-state index contributed by atoms with van der Waals surface area (Å²) in [5, 5.41) is 2.30. The summed E-state index contributed by atoms with van der Waals surface area (Å²) in [6, 6.07) is 0. The van der Waals surface area contributed by atoms with Gasteiger partial charge in [-0.25, -0.2) is 4.57 Å². The molecule has 0 saturated carbocycles. The molecule has 1 aliphatic heterocycles. The van der Waals surface area contributed by atoms with E-state index in [1.807, 2.05) is 13.8 Å². The smallest absolute Gasteiger partial charge is 0.461 e. The van der Waals surface area contributed by atoms with Crippen LogP contribution in [0, 0.1) is 0 Å². The van der Waals surface area contributed by atoms with Gasteiger partial charge in [0.15, 0.2) is 11.9 Å². The highest BCUT2D eigenvalue weighted by Gasteiger charge is 2.31. The van der Waals surface area contributed by atoms with Crippen LogP contribution in [0.3, 0.4) is 0 Å². The Hall–Kier alpha value is -3.19. The number of imide groups is 1. The Labute approximate surface area is 232 Å². The molecule has 2 N–H and O–H groups in total. The third-order valence-electron chi connectivity index (χ3n) is 5.05. The number of rotatable bonds is 20. The molecule has 1 heterocycles. The summed E-state index contributed by atoms with van der Waals surface area (Å²) < 4.78 is 32.1. The number of hydrogen-bond donors (Lipinski definition) is 2. The minimum absolute atomic E-state index is 0.00201. The molecule has 1 saturated heterocycles. The molecule has 0 aromatic heterocycles. The number of likely N-dealkylation sites (tertiary alicyclic amines) is 1. The number of carbonyl (C=O) groups excluding carboxylic acids is 6. The van der Waals surface area contributed by atoms with Gasteiger partial charge in [-0.1, -0.05) is 38.2 Å². The first kappa shape index (κ1) is 34.8. The van der Waals surface area contributed by atoms with Crippen LogP contribution in [0.4, 0.5) is 0 Å². The molecular weight excluding hydrogens is 551 g/mol. The van der Waals surface area contributed by atoms with Crippen molar-refractivity contribution in [2.45, 2.75) is 64.9 Å². The number of ketones is 1. The monoisotopic (exact) mass is 588 g/mol. The SMILES string of the molecule is CC/C=C\CC(=O)OCC(COP(=O)(O)OCCNC(=O)CC(=O)CN1C(=O)CCC1=O)OC(=O)C/C=C\CC. The number of Topliss-reactive ketones (excluding diaryl/α,β-unsaturated/α-hetero) is 1. The number of nitrogens with zero attached hydrogens (tertiary/aromatic N) is 1. The van der Waals surface area contributed by atoms with Gasteiger partial charge in [-0.05, 0) is 12.8 Å². The number of phosphoric ester groups is 1. The Kier molecular flexibility index (Phi) is 16.5. The summed E-state index contributed by atoms with van der Waals surface area (Å²) in [5.41, 5.74) is 0. The zero-order valence-electron chi connectivity index (χ0n) is 22.7. The molecule has 1 aliphatic rings. The van der Waals surface area contributed by atoms with Crippen molar-refractivity contribution in [3.05, 3.63) is 24.3 Å². The predicted molar refractivity (Wildman–Crippen MR) is 139 cm³/mol. The third kappa shape index (κ3) is 15.4. The lowest BCUT2D eigenvalue weighted by Crippen LogP contribution is -2.37. The van der Waals surface area contributed by atoms with Crippen molar-refractivity contribution < 1.29 is 56.7 Å². The fraction of sp³-hybridized carbons (Fsp3) is 0.600. The van der Waals surface area contributed by atoms with E-state index in [0.717, 1.165) is 11.3 Å². The summed E-state index contributed by atoms with van der Waals surface area (Å²) in [5.74, 6) is -3.58. The molecule has 2 unspecified atom stereocenters. The van der Waals surface area contributed by atoms with E-state index in [-0.39, 0.29) is 32.2 Å². The highest BCUT2D eigenvalue weighted by atomic mass is 31.2. The van der Waals surface area contributed by atoms with Crippen molar-refractivity contribution >= 4 is 43.3 Å². The van der Waals surface area contributed by atoms with E-state index >= 15 is 0 Å². The van der Waals surface area contributed by atoms with E-state index in [2.05, 4.69) is 5.32 Å². The van der Waals surface area contributed by atoms with Gasteiger partial charge in [0.05, 0.1) is 39.0 Å². The number of nitrogens with one attached hydrogen (secondary N) is 1.